The zero-order valence-electron chi connectivity index (χ0n) is 14.3. The molecule has 0 saturated heterocycles. The molecule has 26 heavy (non-hydrogen) atoms. The Balaban J connectivity index is 1.60. The number of amides is 1. The van der Waals surface area contributed by atoms with E-state index in [1.165, 1.54) is 24.4 Å². The van der Waals surface area contributed by atoms with Gasteiger partial charge in [-0.3, -0.25) is 4.79 Å². The number of fused-ring (bicyclic) bond motifs is 1. The summed E-state index contributed by atoms with van der Waals surface area (Å²) in [6.07, 6.45) is 3.34. The van der Waals surface area contributed by atoms with E-state index in [1.54, 1.807) is 18.2 Å². The van der Waals surface area contributed by atoms with Gasteiger partial charge in [-0.1, -0.05) is 11.6 Å². The number of pyridine rings is 1. The standard InChI is InChI=1S/C19H18ClN3O2S/c1-25-17-6-5-14(20)10-16(17)22-18(24)7-8-26-19-13(11-21)9-12-3-2-4-15(12)23-19/h5-6,9-10H,2-4,7-8H2,1H3,(H,22,24). The minimum Gasteiger partial charge on any atom is -0.495 e. The molecule has 0 saturated carbocycles. The second kappa shape index (κ2) is 8.43. The number of benzene rings is 1. The minimum absolute atomic E-state index is 0.141. The number of rotatable bonds is 6. The van der Waals surface area contributed by atoms with Gasteiger partial charge in [-0.25, -0.2) is 4.98 Å². The molecule has 0 aliphatic heterocycles. The number of carbonyl (C=O) groups excluding carboxylic acids is 1. The van der Waals surface area contributed by atoms with Gasteiger partial charge in [0.1, 0.15) is 16.8 Å². The Morgan fingerprint density at radius 3 is 3.04 bits per heavy atom. The van der Waals surface area contributed by atoms with Crippen LogP contribution in [0.25, 0.3) is 0 Å². The molecule has 0 unspecified atom stereocenters. The molecule has 0 spiro atoms. The van der Waals surface area contributed by atoms with E-state index in [9.17, 15) is 10.1 Å². The number of anilines is 1. The molecule has 1 aromatic carbocycles. The van der Waals surface area contributed by atoms with Gasteiger partial charge in [-0.2, -0.15) is 5.26 Å². The molecule has 134 valence electrons. The number of nitriles is 1. The van der Waals surface area contributed by atoms with Gasteiger partial charge in [0, 0.05) is 22.9 Å². The van der Waals surface area contributed by atoms with Gasteiger partial charge in [0.05, 0.1) is 18.4 Å². The highest BCUT2D eigenvalue weighted by Crippen LogP contribution is 2.29. The molecule has 3 rings (SSSR count). The summed E-state index contributed by atoms with van der Waals surface area (Å²) in [6.45, 7) is 0. The average molecular weight is 388 g/mol. The van der Waals surface area contributed by atoms with E-state index in [4.69, 9.17) is 16.3 Å². The van der Waals surface area contributed by atoms with Crippen LogP contribution in [0.5, 0.6) is 5.75 Å². The summed E-state index contributed by atoms with van der Waals surface area (Å²) in [6, 6.07) is 9.21. The molecule has 1 amide bonds. The number of carbonyl (C=O) groups is 1. The van der Waals surface area contributed by atoms with Crippen molar-refractivity contribution < 1.29 is 9.53 Å². The second-order valence-electron chi connectivity index (χ2n) is 5.90. The van der Waals surface area contributed by atoms with Crippen LogP contribution in [0.4, 0.5) is 5.69 Å². The van der Waals surface area contributed by atoms with Crippen molar-refractivity contribution in [2.45, 2.75) is 30.7 Å². The number of hydrogen-bond donors (Lipinski definition) is 1. The Hall–Kier alpha value is -2.23. The highest BCUT2D eigenvalue weighted by Gasteiger charge is 2.17. The number of hydrogen-bond acceptors (Lipinski definition) is 5. The van der Waals surface area contributed by atoms with Gasteiger partial charge in [0.15, 0.2) is 0 Å². The fraction of sp³-hybridized carbons (Fsp3) is 0.316. The SMILES string of the molecule is COc1ccc(Cl)cc1NC(=O)CCSc1nc2c(cc1C#N)CCC2. The van der Waals surface area contributed by atoms with Crippen LogP contribution >= 0.6 is 23.4 Å². The zero-order valence-corrected chi connectivity index (χ0v) is 15.9. The lowest BCUT2D eigenvalue weighted by Crippen LogP contribution is -2.13. The van der Waals surface area contributed by atoms with Crippen LogP contribution in [0.15, 0.2) is 29.3 Å². The fourth-order valence-electron chi connectivity index (χ4n) is 2.87. The first-order valence-corrected chi connectivity index (χ1v) is 9.66. The number of nitrogens with zero attached hydrogens (tertiary/aromatic N) is 2. The van der Waals surface area contributed by atoms with Gasteiger partial charge >= 0.3 is 0 Å². The lowest BCUT2D eigenvalue weighted by molar-refractivity contribution is -0.115. The van der Waals surface area contributed by atoms with Crippen LogP contribution < -0.4 is 10.1 Å². The zero-order chi connectivity index (χ0) is 18.5. The minimum atomic E-state index is -0.141. The van der Waals surface area contributed by atoms with E-state index >= 15 is 0 Å². The third-order valence-corrected chi connectivity index (χ3v) is 5.37. The van der Waals surface area contributed by atoms with E-state index < -0.39 is 0 Å². The predicted molar refractivity (Wildman–Crippen MR) is 103 cm³/mol. The molecule has 0 radical (unpaired) electrons. The number of halogens is 1. The fourth-order valence-corrected chi connectivity index (χ4v) is 3.96. The predicted octanol–water partition coefficient (Wildman–Crippen LogP) is 4.22. The van der Waals surface area contributed by atoms with Crippen molar-refractivity contribution in [1.29, 1.82) is 5.26 Å². The van der Waals surface area contributed by atoms with Gasteiger partial charge < -0.3 is 10.1 Å². The van der Waals surface area contributed by atoms with E-state index in [2.05, 4.69) is 16.4 Å². The van der Waals surface area contributed by atoms with Crippen molar-refractivity contribution >= 4 is 35.0 Å². The van der Waals surface area contributed by atoms with Crippen molar-refractivity contribution in [1.82, 2.24) is 4.98 Å². The molecule has 0 atom stereocenters. The number of thioether (sulfide) groups is 1. The maximum atomic E-state index is 12.2. The Bertz CT molecular complexity index is 880. The van der Waals surface area contributed by atoms with E-state index in [0.29, 0.717) is 39.2 Å². The topological polar surface area (TPSA) is 75.0 Å². The maximum absolute atomic E-state index is 12.2. The van der Waals surface area contributed by atoms with Crippen LogP contribution in [0.1, 0.15) is 29.7 Å². The molecule has 7 heteroatoms. The molecular formula is C19H18ClN3O2S. The summed E-state index contributed by atoms with van der Waals surface area (Å²) in [7, 11) is 1.54. The van der Waals surface area contributed by atoms with Gasteiger partial charge in [0.2, 0.25) is 5.91 Å². The monoisotopic (exact) mass is 387 g/mol. The number of ether oxygens (including phenoxy) is 1. The summed E-state index contributed by atoms with van der Waals surface area (Å²) in [5.74, 6) is 0.954. The molecule has 1 aliphatic rings. The lowest BCUT2D eigenvalue weighted by Gasteiger charge is -2.11. The molecule has 0 fully saturated rings. The molecule has 5 nitrogen and oxygen atoms in total. The summed E-state index contributed by atoms with van der Waals surface area (Å²) in [4.78, 5) is 16.8. The molecular weight excluding hydrogens is 370 g/mol. The molecule has 1 heterocycles. The Morgan fingerprint density at radius 2 is 2.27 bits per heavy atom. The van der Waals surface area contributed by atoms with Crippen molar-refractivity contribution in [2.75, 3.05) is 18.2 Å². The Labute approximate surface area is 161 Å². The average Bonchev–Trinajstić information content (AvgIpc) is 3.08. The van der Waals surface area contributed by atoms with Crippen molar-refractivity contribution in [2.24, 2.45) is 0 Å². The van der Waals surface area contributed by atoms with E-state index in [-0.39, 0.29) is 5.91 Å². The van der Waals surface area contributed by atoms with Crippen molar-refractivity contribution in [3.63, 3.8) is 0 Å². The van der Waals surface area contributed by atoms with Crippen LogP contribution in [0.2, 0.25) is 5.02 Å². The van der Waals surface area contributed by atoms with Crippen LogP contribution in [0, 0.1) is 11.3 Å². The van der Waals surface area contributed by atoms with Crippen LogP contribution in [-0.4, -0.2) is 23.8 Å². The first-order valence-electron chi connectivity index (χ1n) is 8.30. The molecule has 2 aromatic rings. The van der Waals surface area contributed by atoms with Crippen LogP contribution in [0.3, 0.4) is 0 Å². The van der Waals surface area contributed by atoms with Gasteiger partial charge in [-0.05, 0) is 49.1 Å². The third kappa shape index (κ3) is 4.29. The number of aromatic nitrogens is 1. The van der Waals surface area contributed by atoms with E-state index in [0.717, 1.165) is 25.0 Å². The highest BCUT2D eigenvalue weighted by atomic mass is 35.5. The Kier molecular flexibility index (Phi) is 6.02. The maximum Gasteiger partial charge on any atom is 0.225 e. The summed E-state index contributed by atoms with van der Waals surface area (Å²) < 4.78 is 5.22. The van der Waals surface area contributed by atoms with Crippen LogP contribution in [-0.2, 0) is 17.6 Å². The van der Waals surface area contributed by atoms with Gasteiger partial charge in [0.25, 0.3) is 0 Å². The molecule has 1 aromatic heterocycles. The van der Waals surface area contributed by atoms with E-state index in [1.807, 2.05) is 6.07 Å². The first kappa shape index (κ1) is 18.6. The quantitative estimate of drug-likeness (QED) is 0.751. The Morgan fingerprint density at radius 1 is 1.42 bits per heavy atom. The summed E-state index contributed by atoms with van der Waals surface area (Å²) >= 11 is 7.41. The summed E-state index contributed by atoms with van der Waals surface area (Å²) in [5, 5.41) is 13.4. The largest absolute Gasteiger partial charge is 0.495 e. The summed E-state index contributed by atoms with van der Waals surface area (Å²) in [5.41, 5.74) is 3.40. The van der Waals surface area contributed by atoms with Gasteiger partial charge in [-0.15, -0.1) is 11.8 Å². The number of methoxy groups -OCH3 is 1. The molecule has 1 N–H and O–H groups in total. The number of aryl methyl sites for hydroxylation is 2. The highest BCUT2D eigenvalue weighted by molar-refractivity contribution is 7.99. The number of nitrogens with one attached hydrogen (secondary N) is 1. The lowest BCUT2D eigenvalue weighted by atomic mass is 10.2. The molecule has 0 bridgehead atoms. The van der Waals surface area contributed by atoms with Crippen molar-refractivity contribution in [3.8, 4) is 11.8 Å². The second-order valence-corrected chi connectivity index (χ2v) is 7.42. The third-order valence-electron chi connectivity index (χ3n) is 4.14. The smallest absolute Gasteiger partial charge is 0.225 e. The van der Waals surface area contributed by atoms with Crippen molar-refractivity contribution in [3.05, 3.63) is 46.1 Å². The molecule has 1 aliphatic carbocycles. The normalized spacial score (nSPS) is 12.3. The first-order chi connectivity index (χ1) is 12.6.